The molecule has 1 heterocycles. The molecule has 5 atom stereocenters. The van der Waals surface area contributed by atoms with Crippen molar-refractivity contribution in [3.05, 3.63) is 36.1 Å². The molecule has 5 rings (SSSR count). The SMILES string of the molecule is OC(c1cc2ccccc2o1)C1C2C3CCC(C3)C21. The zero-order valence-electron chi connectivity index (χ0n) is 10.8. The van der Waals surface area contributed by atoms with Crippen LogP contribution in [0.4, 0.5) is 0 Å². The van der Waals surface area contributed by atoms with Gasteiger partial charge in [-0.1, -0.05) is 18.2 Å². The maximum atomic E-state index is 10.6. The first kappa shape index (κ1) is 10.5. The highest BCUT2D eigenvalue weighted by Gasteiger charge is 2.67. The molecule has 1 aromatic carbocycles. The molecular weight excluding hydrogens is 236 g/mol. The third kappa shape index (κ3) is 1.30. The molecule has 3 saturated carbocycles. The topological polar surface area (TPSA) is 33.4 Å². The van der Waals surface area contributed by atoms with Crippen molar-refractivity contribution in [2.75, 3.05) is 0 Å². The predicted octanol–water partition coefficient (Wildman–Crippen LogP) is 3.76. The number of aliphatic hydroxyl groups is 1. The summed E-state index contributed by atoms with van der Waals surface area (Å²) in [6.07, 6.45) is 3.84. The van der Waals surface area contributed by atoms with E-state index in [1.54, 1.807) is 0 Å². The van der Waals surface area contributed by atoms with Crippen LogP contribution in [0, 0.1) is 29.6 Å². The Morgan fingerprint density at radius 1 is 1.11 bits per heavy atom. The Balaban J connectivity index is 1.47. The predicted molar refractivity (Wildman–Crippen MR) is 72.5 cm³/mol. The minimum Gasteiger partial charge on any atom is -0.458 e. The van der Waals surface area contributed by atoms with Crippen LogP contribution >= 0.6 is 0 Å². The number of para-hydroxylation sites is 1. The molecule has 0 radical (unpaired) electrons. The van der Waals surface area contributed by atoms with Crippen molar-refractivity contribution in [2.45, 2.75) is 25.4 Å². The zero-order valence-corrected chi connectivity index (χ0v) is 10.8. The largest absolute Gasteiger partial charge is 0.458 e. The number of benzene rings is 1. The Bertz CT molecular complexity index is 595. The van der Waals surface area contributed by atoms with Gasteiger partial charge >= 0.3 is 0 Å². The first-order valence-corrected chi connectivity index (χ1v) is 7.49. The van der Waals surface area contributed by atoms with E-state index in [-0.39, 0.29) is 6.10 Å². The van der Waals surface area contributed by atoms with Crippen LogP contribution in [-0.4, -0.2) is 5.11 Å². The molecular formula is C17H18O2. The van der Waals surface area contributed by atoms with E-state index in [4.69, 9.17) is 4.42 Å². The molecule has 0 amide bonds. The van der Waals surface area contributed by atoms with E-state index in [2.05, 4.69) is 0 Å². The van der Waals surface area contributed by atoms with Crippen molar-refractivity contribution in [1.29, 1.82) is 0 Å². The van der Waals surface area contributed by atoms with Crippen molar-refractivity contribution in [3.8, 4) is 0 Å². The molecule has 0 aliphatic heterocycles. The quantitative estimate of drug-likeness (QED) is 0.885. The van der Waals surface area contributed by atoms with Crippen molar-refractivity contribution < 1.29 is 9.52 Å². The molecule has 1 aromatic heterocycles. The maximum Gasteiger partial charge on any atom is 0.134 e. The lowest BCUT2D eigenvalue weighted by Crippen LogP contribution is -2.07. The van der Waals surface area contributed by atoms with Crippen LogP contribution in [0.5, 0.6) is 0 Å². The Hall–Kier alpha value is -1.28. The summed E-state index contributed by atoms with van der Waals surface area (Å²) in [5, 5.41) is 11.7. The number of fused-ring (bicyclic) bond motifs is 6. The summed E-state index contributed by atoms with van der Waals surface area (Å²) in [5.74, 6) is 4.65. The third-order valence-electron chi connectivity index (χ3n) is 5.90. The standard InChI is InChI=1S/C17H18O2/c18-17(13-8-9-3-1-2-4-12(9)19-13)16-14-10-5-6-11(7-10)15(14)16/h1-4,8,10-11,14-18H,5-7H2. The summed E-state index contributed by atoms with van der Waals surface area (Å²) in [4.78, 5) is 0. The molecule has 2 bridgehead atoms. The van der Waals surface area contributed by atoms with Gasteiger partial charge in [-0.15, -0.1) is 0 Å². The van der Waals surface area contributed by atoms with Gasteiger partial charge in [0.15, 0.2) is 0 Å². The smallest absolute Gasteiger partial charge is 0.134 e. The second-order valence-corrected chi connectivity index (χ2v) is 6.70. The molecule has 98 valence electrons. The highest BCUT2D eigenvalue weighted by atomic mass is 16.4. The first-order chi connectivity index (χ1) is 9.33. The number of hydrogen-bond donors (Lipinski definition) is 1. The molecule has 0 spiro atoms. The molecule has 2 aromatic rings. The molecule has 0 saturated heterocycles. The number of rotatable bonds is 2. The summed E-state index contributed by atoms with van der Waals surface area (Å²) in [7, 11) is 0. The van der Waals surface area contributed by atoms with E-state index in [1.807, 2.05) is 30.3 Å². The number of hydrogen-bond acceptors (Lipinski definition) is 2. The van der Waals surface area contributed by atoms with E-state index in [9.17, 15) is 5.11 Å². The van der Waals surface area contributed by atoms with Gasteiger partial charge in [0.1, 0.15) is 17.4 Å². The Morgan fingerprint density at radius 3 is 2.58 bits per heavy atom. The van der Waals surface area contributed by atoms with Gasteiger partial charge in [-0.05, 0) is 61.0 Å². The molecule has 3 fully saturated rings. The Labute approximate surface area is 112 Å². The van der Waals surface area contributed by atoms with Crippen LogP contribution in [0.2, 0.25) is 0 Å². The number of furan rings is 1. The van der Waals surface area contributed by atoms with Crippen molar-refractivity contribution in [1.82, 2.24) is 0 Å². The van der Waals surface area contributed by atoms with Crippen molar-refractivity contribution in [2.24, 2.45) is 29.6 Å². The summed E-state index contributed by atoms with van der Waals surface area (Å²) in [6, 6.07) is 10.0. The van der Waals surface area contributed by atoms with Gasteiger partial charge in [-0.3, -0.25) is 0 Å². The highest BCUT2D eigenvalue weighted by molar-refractivity contribution is 5.77. The van der Waals surface area contributed by atoms with Gasteiger partial charge in [0.05, 0.1) is 0 Å². The monoisotopic (exact) mass is 254 g/mol. The molecule has 3 aliphatic rings. The normalized spacial score (nSPS) is 40.6. The minimum absolute atomic E-state index is 0.384. The van der Waals surface area contributed by atoms with E-state index < -0.39 is 0 Å². The fourth-order valence-electron chi connectivity index (χ4n) is 5.15. The molecule has 5 unspecified atom stereocenters. The zero-order chi connectivity index (χ0) is 12.6. The summed E-state index contributed by atoms with van der Waals surface area (Å²) in [5.41, 5.74) is 0.894. The second-order valence-electron chi connectivity index (χ2n) is 6.70. The van der Waals surface area contributed by atoms with Crippen LogP contribution < -0.4 is 0 Å². The fraction of sp³-hybridized carbons (Fsp3) is 0.529. The molecule has 2 nitrogen and oxygen atoms in total. The lowest BCUT2D eigenvalue weighted by atomic mass is 9.98. The van der Waals surface area contributed by atoms with Gasteiger partial charge in [0.2, 0.25) is 0 Å². The fourth-order valence-corrected chi connectivity index (χ4v) is 5.15. The van der Waals surface area contributed by atoms with Crippen LogP contribution in [0.15, 0.2) is 34.7 Å². The average Bonchev–Trinajstić information content (AvgIpc) is 2.83. The van der Waals surface area contributed by atoms with Gasteiger partial charge < -0.3 is 9.52 Å². The van der Waals surface area contributed by atoms with Gasteiger partial charge in [-0.25, -0.2) is 0 Å². The van der Waals surface area contributed by atoms with Gasteiger partial charge in [0, 0.05) is 5.39 Å². The Morgan fingerprint density at radius 2 is 1.84 bits per heavy atom. The summed E-state index contributed by atoms with van der Waals surface area (Å²) in [6.45, 7) is 0. The number of aliphatic hydroxyl groups excluding tert-OH is 1. The van der Waals surface area contributed by atoms with Crippen LogP contribution in [0.1, 0.15) is 31.1 Å². The molecule has 3 aliphatic carbocycles. The van der Waals surface area contributed by atoms with Crippen molar-refractivity contribution in [3.63, 3.8) is 0 Å². The minimum atomic E-state index is -0.384. The molecule has 1 N–H and O–H groups in total. The lowest BCUT2D eigenvalue weighted by Gasteiger charge is -2.12. The van der Waals surface area contributed by atoms with Crippen LogP contribution in [0.25, 0.3) is 11.0 Å². The third-order valence-corrected chi connectivity index (χ3v) is 5.90. The summed E-state index contributed by atoms with van der Waals surface area (Å²) >= 11 is 0. The second kappa shape index (κ2) is 3.43. The molecule has 19 heavy (non-hydrogen) atoms. The summed E-state index contributed by atoms with van der Waals surface area (Å²) < 4.78 is 5.84. The van der Waals surface area contributed by atoms with Gasteiger partial charge in [-0.2, -0.15) is 0 Å². The van der Waals surface area contributed by atoms with Crippen LogP contribution in [0.3, 0.4) is 0 Å². The average molecular weight is 254 g/mol. The van der Waals surface area contributed by atoms with E-state index in [0.717, 1.165) is 40.4 Å². The first-order valence-electron chi connectivity index (χ1n) is 7.49. The maximum absolute atomic E-state index is 10.6. The van der Waals surface area contributed by atoms with E-state index in [0.29, 0.717) is 5.92 Å². The Kier molecular flexibility index (Phi) is 1.89. The highest BCUT2D eigenvalue weighted by Crippen LogP contribution is 2.72. The molecule has 2 heteroatoms. The van der Waals surface area contributed by atoms with E-state index >= 15 is 0 Å². The lowest BCUT2D eigenvalue weighted by molar-refractivity contribution is 0.108. The van der Waals surface area contributed by atoms with Gasteiger partial charge in [0.25, 0.3) is 0 Å². The van der Waals surface area contributed by atoms with Crippen LogP contribution in [-0.2, 0) is 0 Å². The van der Waals surface area contributed by atoms with E-state index in [1.165, 1.54) is 19.3 Å². The van der Waals surface area contributed by atoms with Crippen molar-refractivity contribution >= 4 is 11.0 Å².